The van der Waals surface area contributed by atoms with Gasteiger partial charge in [0.1, 0.15) is 0 Å². The summed E-state index contributed by atoms with van der Waals surface area (Å²) in [5.41, 5.74) is 0.969. The SMILES string of the molecule is O=C(NCCn1ccccc1=O)NC(c1cccc(Cl)c1)C1CCCC1. The number of pyridine rings is 1. The van der Waals surface area contributed by atoms with E-state index in [9.17, 15) is 9.59 Å². The van der Waals surface area contributed by atoms with Crippen molar-refractivity contribution in [3.8, 4) is 0 Å². The van der Waals surface area contributed by atoms with Gasteiger partial charge in [0.2, 0.25) is 0 Å². The Labute approximate surface area is 158 Å². The van der Waals surface area contributed by atoms with Gasteiger partial charge in [-0.3, -0.25) is 4.79 Å². The maximum absolute atomic E-state index is 12.4. The molecule has 1 aromatic carbocycles. The van der Waals surface area contributed by atoms with Crippen molar-refractivity contribution < 1.29 is 4.79 Å². The number of carbonyl (C=O) groups excluding carboxylic acids is 1. The predicted molar refractivity (Wildman–Crippen MR) is 103 cm³/mol. The van der Waals surface area contributed by atoms with Gasteiger partial charge in [-0.05, 0) is 42.5 Å². The first-order valence-corrected chi connectivity index (χ1v) is 9.46. The first-order valence-electron chi connectivity index (χ1n) is 9.09. The van der Waals surface area contributed by atoms with Crippen LogP contribution >= 0.6 is 11.6 Å². The largest absolute Gasteiger partial charge is 0.336 e. The number of hydrogen-bond donors (Lipinski definition) is 2. The maximum Gasteiger partial charge on any atom is 0.315 e. The van der Waals surface area contributed by atoms with Gasteiger partial charge < -0.3 is 15.2 Å². The van der Waals surface area contributed by atoms with Crippen LogP contribution < -0.4 is 16.2 Å². The van der Waals surface area contributed by atoms with Crippen LogP contribution in [0.1, 0.15) is 37.3 Å². The molecule has 1 unspecified atom stereocenters. The van der Waals surface area contributed by atoms with Gasteiger partial charge in [-0.15, -0.1) is 0 Å². The third-order valence-corrected chi connectivity index (χ3v) is 5.14. The van der Waals surface area contributed by atoms with Crippen molar-refractivity contribution >= 4 is 17.6 Å². The van der Waals surface area contributed by atoms with E-state index >= 15 is 0 Å². The predicted octanol–water partition coefficient (Wildman–Crippen LogP) is 3.73. The lowest BCUT2D eigenvalue weighted by molar-refractivity contribution is 0.230. The van der Waals surface area contributed by atoms with Crippen molar-refractivity contribution in [2.75, 3.05) is 6.54 Å². The molecule has 2 N–H and O–H groups in total. The molecule has 1 fully saturated rings. The zero-order valence-corrected chi connectivity index (χ0v) is 15.4. The molecule has 5 nitrogen and oxygen atoms in total. The van der Waals surface area contributed by atoms with Crippen molar-refractivity contribution in [2.45, 2.75) is 38.3 Å². The fourth-order valence-electron chi connectivity index (χ4n) is 3.59. The summed E-state index contributed by atoms with van der Waals surface area (Å²) in [7, 11) is 0. The highest BCUT2D eigenvalue weighted by molar-refractivity contribution is 6.30. The van der Waals surface area contributed by atoms with E-state index in [0.29, 0.717) is 24.0 Å². The first-order chi connectivity index (χ1) is 12.6. The molecule has 0 bridgehead atoms. The van der Waals surface area contributed by atoms with E-state index in [-0.39, 0.29) is 17.6 Å². The number of halogens is 1. The van der Waals surface area contributed by atoms with E-state index in [4.69, 9.17) is 11.6 Å². The molecule has 0 saturated heterocycles. The molecule has 1 aliphatic carbocycles. The molecule has 138 valence electrons. The average Bonchev–Trinajstić information content (AvgIpc) is 3.16. The second-order valence-electron chi connectivity index (χ2n) is 6.71. The van der Waals surface area contributed by atoms with Crippen LogP contribution in [-0.2, 0) is 6.54 Å². The van der Waals surface area contributed by atoms with Crippen LogP contribution in [-0.4, -0.2) is 17.1 Å². The number of amides is 2. The van der Waals surface area contributed by atoms with Gasteiger partial charge in [0.25, 0.3) is 5.56 Å². The Morgan fingerprint density at radius 3 is 2.73 bits per heavy atom. The Hall–Kier alpha value is -2.27. The Morgan fingerprint density at radius 2 is 2.00 bits per heavy atom. The molecule has 26 heavy (non-hydrogen) atoms. The van der Waals surface area contributed by atoms with Gasteiger partial charge in [0.15, 0.2) is 0 Å². The van der Waals surface area contributed by atoms with Gasteiger partial charge in [-0.1, -0.05) is 42.6 Å². The van der Waals surface area contributed by atoms with Crippen molar-refractivity contribution in [3.63, 3.8) is 0 Å². The van der Waals surface area contributed by atoms with Crippen LogP contribution in [0.5, 0.6) is 0 Å². The number of urea groups is 1. The average molecular weight is 374 g/mol. The second kappa shape index (κ2) is 8.90. The zero-order valence-electron chi connectivity index (χ0n) is 14.7. The molecule has 3 rings (SSSR count). The van der Waals surface area contributed by atoms with Crippen molar-refractivity contribution in [2.24, 2.45) is 5.92 Å². The standard InChI is InChI=1S/C20H24ClN3O2/c21-17-9-5-8-16(14-17)19(15-6-1-2-7-15)23-20(26)22-11-13-24-12-4-3-10-18(24)25/h3-5,8-10,12,14-15,19H,1-2,6-7,11,13H2,(H2,22,23,26). The Bertz CT molecular complexity index is 799. The lowest BCUT2D eigenvalue weighted by Gasteiger charge is -2.25. The zero-order chi connectivity index (χ0) is 18.4. The Morgan fingerprint density at radius 1 is 1.19 bits per heavy atom. The number of nitrogens with zero attached hydrogens (tertiary/aromatic N) is 1. The normalized spacial score (nSPS) is 15.6. The van der Waals surface area contributed by atoms with Crippen molar-refractivity contribution in [1.82, 2.24) is 15.2 Å². The second-order valence-corrected chi connectivity index (χ2v) is 7.15. The summed E-state index contributed by atoms with van der Waals surface area (Å²) >= 11 is 6.14. The topological polar surface area (TPSA) is 63.1 Å². The Kier molecular flexibility index (Phi) is 6.34. The molecular formula is C20H24ClN3O2. The fourth-order valence-corrected chi connectivity index (χ4v) is 3.79. The quantitative estimate of drug-likeness (QED) is 0.810. The maximum atomic E-state index is 12.4. The van der Waals surface area contributed by atoms with Gasteiger partial charge in [0.05, 0.1) is 6.04 Å². The molecular weight excluding hydrogens is 350 g/mol. The van der Waals surface area contributed by atoms with E-state index in [1.807, 2.05) is 24.3 Å². The monoisotopic (exact) mass is 373 g/mol. The summed E-state index contributed by atoms with van der Waals surface area (Å²) in [6.07, 6.45) is 6.33. The van der Waals surface area contributed by atoms with E-state index in [0.717, 1.165) is 18.4 Å². The van der Waals surface area contributed by atoms with Crippen LogP contribution in [0.4, 0.5) is 4.79 Å². The molecule has 0 radical (unpaired) electrons. The Balaban J connectivity index is 1.60. The lowest BCUT2D eigenvalue weighted by atomic mass is 9.92. The summed E-state index contributed by atoms with van der Waals surface area (Å²) in [6.45, 7) is 0.834. The van der Waals surface area contributed by atoms with E-state index in [1.165, 1.54) is 18.9 Å². The minimum Gasteiger partial charge on any atom is -0.336 e. The summed E-state index contributed by atoms with van der Waals surface area (Å²) in [5, 5.41) is 6.64. The number of carbonyl (C=O) groups is 1. The van der Waals surface area contributed by atoms with Gasteiger partial charge in [0, 0.05) is 30.4 Å². The molecule has 1 atom stereocenters. The molecule has 0 aliphatic heterocycles. The van der Waals surface area contributed by atoms with Crippen LogP contribution in [0.25, 0.3) is 0 Å². The summed E-state index contributed by atoms with van der Waals surface area (Å²) in [5.74, 6) is 0.427. The fraction of sp³-hybridized carbons (Fsp3) is 0.400. The smallest absolute Gasteiger partial charge is 0.315 e. The highest BCUT2D eigenvalue weighted by Crippen LogP contribution is 2.36. The molecule has 2 aromatic rings. The molecule has 1 saturated carbocycles. The molecule has 2 amide bonds. The summed E-state index contributed by atoms with van der Waals surface area (Å²) in [4.78, 5) is 24.1. The number of nitrogens with one attached hydrogen (secondary N) is 2. The number of aromatic nitrogens is 1. The minimum atomic E-state index is -0.217. The molecule has 6 heteroatoms. The van der Waals surface area contributed by atoms with Crippen LogP contribution in [0.2, 0.25) is 5.02 Å². The van der Waals surface area contributed by atoms with Crippen molar-refractivity contribution in [1.29, 1.82) is 0 Å². The third-order valence-electron chi connectivity index (χ3n) is 4.90. The first kappa shape index (κ1) is 18.5. The van der Waals surface area contributed by atoms with Crippen LogP contribution in [0.15, 0.2) is 53.5 Å². The summed E-state index contributed by atoms with van der Waals surface area (Å²) < 4.78 is 1.58. The van der Waals surface area contributed by atoms with Gasteiger partial charge in [-0.25, -0.2) is 4.79 Å². The van der Waals surface area contributed by atoms with E-state index in [1.54, 1.807) is 22.9 Å². The van der Waals surface area contributed by atoms with E-state index < -0.39 is 0 Å². The highest BCUT2D eigenvalue weighted by Gasteiger charge is 2.27. The lowest BCUT2D eigenvalue weighted by Crippen LogP contribution is -2.41. The van der Waals surface area contributed by atoms with Gasteiger partial charge >= 0.3 is 6.03 Å². The van der Waals surface area contributed by atoms with Crippen LogP contribution in [0.3, 0.4) is 0 Å². The third kappa shape index (κ3) is 4.88. The van der Waals surface area contributed by atoms with E-state index in [2.05, 4.69) is 10.6 Å². The molecule has 1 aliphatic rings. The number of rotatable bonds is 6. The summed E-state index contributed by atoms with van der Waals surface area (Å²) in [6, 6.07) is 12.5. The highest BCUT2D eigenvalue weighted by atomic mass is 35.5. The van der Waals surface area contributed by atoms with Crippen molar-refractivity contribution in [3.05, 3.63) is 69.6 Å². The molecule has 0 spiro atoms. The minimum absolute atomic E-state index is 0.0457. The number of benzene rings is 1. The number of hydrogen-bond acceptors (Lipinski definition) is 2. The molecule has 1 aromatic heterocycles. The molecule has 1 heterocycles. The van der Waals surface area contributed by atoms with Gasteiger partial charge in [-0.2, -0.15) is 0 Å². The van der Waals surface area contributed by atoms with Crippen LogP contribution in [0, 0.1) is 5.92 Å².